The third-order valence-corrected chi connectivity index (χ3v) is 6.02. The van der Waals surface area contributed by atoms with Gasteiger partial charge in [-0.1, -0.05) is 121 Å². The van der Waals surface area contributed by atoms with Crippen molar-refractivity contribution in [3.05, 3.63) is 133 Å². The summed E-state index contributed by atoms with van der Waals surface area (Å²) in [6.07, 6.45) is 0.375. The van der Waals surface area contributed by atoms with Crippen LogP contribution in [0.15, 0.2) is 127 Å². The van der Waals surface area contributed by atoms with Gasteiger partial charge in [0, 0.05) is 5.56 Å². The maximum atomic E-state index is 12.3. The zero-order chi connectivity index (χ0) is 23.3. The summed E-state index contributed by atoms with van der Waals surface area (Å²) in [4.78, 5) is 23.5. The summed E-state index contributed by atoms with van der Waals surface area (Å²) < 4.78 is 0. The fourth-order valence-corrected chi connectivity index (χ4v) is 4.31. The van der Waals surface area contributed by atoms with Crippen LogP contribution in [0.25, 0.3) is 44.5 Å². The van der Waals surface area contributed by atoms with Crippen LogP contribution in [0.2, 0.25) is 0 Å². The van der Waals surface area contributed by atoms with E-state index in [1.54, 1.807) is 12.1 Å². The van der Waals surface area contributed by atoms with Crippen molar-refractivity contribution in [2.75, 3.05) is 0 Å². The summed E-state index contributed by atoms with van der Waals surface area (Å²) in [5.74, 6) is -0.517. The molecule has 5 aromatic carbocycles. The monoisotopic (exact) mass is 438 g/mol. The number of rotatable bonds is 6. The molecule has 0 amide bonds. The average molecular weight is 439 g/mol. The van der Waals surface area contributed by atoms with Crippen LogP contribution >= 0.6 is 0 Å². The molecule has 34 heavy (non-hydrogen) atoms. The van der Waals surface area contributed by atoms with Crippen LogP contribution in [0, 0.1) is 0 Å². The largest absolute Gasteiger partial charge is 0.294 e. The number of aldehydes is 1. The van der Waals surface area contributed by atoms with Crippen LogP contribution in [0.1, 0.15) is 10.4 Å². The Morgan fingerprint density at radius 3 is 1.62 bits per heavy atom. The predicted octanol–water partition coefficient (Wildman–Crippen LogP) is 7.74. The van der Waals surface area contributed by atoms with E-state index in [1.165, 1.54) is 5.56 Å². The summed E-state index contributed by atoms with van der Waals surface area (Å²) in [6, 6.07) is 42.6. The Morgan fingerprint density at radius 2 is 0.941 bits per heavy atom. The zero-order valence-electron chi connectivity index (χ0n) is 18.5. The van der Waals surface area contributed by atoms with E-state index in [0.29, 0.717) is 11.8 Å². The van der Waals surface area contributed by atoms with Crippen molar-refractivity contribution in [1.29, 1.82) is 0 Å². The lowest BCUT2D eigenvalue weighted by Gasteiger charge is -2.15. The van der Waals surface area contributed by atoms with Gasteiger partial charge in [-0.3, -0.25) is 9.59 Å². The van der Waals surface area contributed by atoms with Crippen LogP contribution in [0.3, 0.4) is 0 Å². The Kier molecular flexibility index (Phi) is 5.96. The maximum absolute atomic E-state index is 12.3. The summed E-state index contributed by atoms with van der Waals surface area (Å²) in [5, 5.41) is 0. The molecular formula is C32H22O2. The number of carbonyl (C=O) groups excluding carboxylic acids is 2. The van der Waals surface area contributed by atoms with E-state index in [1.807, 2.05) is 54.6 Å². The van der Waals surface area contributed by atoms with E-state index >= 15 is 0 Å². The quantitative estimate of drug-likeness (QED) is 0.154. The van der Waals surface area contributed by atoms with Gasteiger partial charge >= 0.3 is 0 Å². The van der Waals surface area contributed by atoms with Gasteiger partial charge in [-0.25, -0.2) is 0 Å². The van der Waals surface area contributed by atoms with Gasteiger partial charge < -0.3 is 0 Å². The molecule has 0 spiro atoms. The first-order valence-corrected chi connectivity index (χ1v) is 11.2. The van der Waals surface area contributed by atoms with Gasteiger partial charge in [-0.2, -0.15) is 0 Å². The van der Waals surface area contributed by atoms with Crippen molar-refractivity contribution in [3.63, 3.8) is 0 Å². The highest BCUT2D eigenvalue weighted by Crippen LogP contribution is 2.37. The molecule has 0 atom stereocenters. The number of benzene rings is 5. The Morgan fingerprint density at radius 1 is 0.441 bits per heavy atom. The van der Waals surface area contributed by atoms with E-state index in [4.69, 9.17) is 0 Å². The van der Waals surface area contributed by atoms with Crippen molar-refractivity contribution in [2.45, 2.75) is 0 Å². The minimum absolute atomic E-state index is 0.375. The summed E-state index contributed by atoms with van der Waals surface area (Å²) in [5.41, 5.74) is 8.76. The first-order valence-electron chi connectivity index (χ1n) is 11.2. The molecule has 0 aliphatic rings. The molecule has 2 heteroatoms. The Labute approximate surface area is 199 Å². The van der Waals surface area contributed by atoms with Crippen LogP contribution in [-0.4, -0.2) is 12.1 Å². The van der Waals surface area contributed by atoms with Crippen molar-refractivity contribution in [2.24, 2.45) is 0 Å². The topological polar surface area (TPSA) is 34.1 Å². The first kappa shape index (κ1) is 21.3. The van der Waals surface area contributed by atoms with Crippen molar-refractivity contribution in [1.82, 2.24) is 0 Å². The lowest BCUT2D eigenvalue weighted by atomic mass is 9.89. The fraction of sp³-hybridized carbons (Fsp3) is 0. The molecule has 162 valence electrons. The second kappa shape index (κ2) is 9.51. The molecule has 5 rings (SSSR count). The van der Waals surface area contributed by atoms with Gasteiger partial charge in [0.25, 0.3) is 0 Å². The maximum Gasteiger partial charge on any atom is 0.225 e. The zero-order valence-corrected chi connectivity index (χ0v) is 18.5. The normalized spacial score (nSPS) is 10.6. The highest BCUT2D eigenvalue weighted by Gasteiger charge is 2.15. The van der Waals surface area contributed by atoms with Crippen LogP contribution < -0.4 is 0 Å². The molecule has 0 saturated heterocycles. The van der Waals surface area contributed by atoms with E-state index in [-0.39, 0.29) is 0 Å². The lowest BCUT2D eigenvalue weighted by molar-refractivity contribution is -0.104. The van der Waals surface area contributed by atoms with E-state index < -0.39 is 5.78 Å². The highest BCUT2D eigenvalue weighted by molar-refractivity contribution is 6.34. The molecule has 0 fully saturated rings. The Balaban J connectivity index is 1.66. The smallest absolute Gasteiger partial charge is 0.225 e. The third-order valence-electron chi connectivity index (χ3n) is 6.02. The standard InChI is InChI=1S/C32H22O2/c33-22-32(34)30-14-8-7-13-28(30)27-19-20-29(25-11-5-2-6-12-25)31(21-27)26-17-15-24(16-18-26)23-9-3-1-4-10-23/h1-22H. The highest BCUT2D eigenvalue weighted by atomic mass is 16.2. The van der Waals surface area contributed by atoms with Gasteiger partial charge in [-0.15, -0.1) is 0 Å². The van der Waals surface area contributed by atoms with Crippen molar-refractivity contribution < 1.29 is 9.59 Å². The number of Topliss-reactive ketones (excluding diaryl/α,β-unsaturated/α-hetero) is 1. The van der Waals surface area contributed by atoms with Crippen LogP contribution in [0.4, 0.5) is 0 Å². The molecule has 0 radical (unpaired) electrons. The average Bonchev–Trinajstić information content (AvgIpc) is 2.93. The molecule has 0 aliphatic carbocycles. The van der Waals surface area contributed by atoms with Crippen LogP contribution in [0.5, 0.6) is 0 Å². The van der Waals surface area contributed by atoms with Gasteiger partial charge in [0.05, 0.1) is 0 Å². The van der Waals surface area contributed by atoms with Crippen molar-refractivity contribution in [3.8, 4) is 44.5 Å². The number of carbonyl (C=O) groups is 2. The molecule has 0 saturated carbocycles. The number of hydrogen-bond acceptors (Lipinski definition) is 2. The molecule has 0 aliphatic heterocycles. The van der Waals surface area contributed by atoms with E-state index in [9.17, 15) is 9.59 Å². The lowest BCUT2D eigenvalue weighted by Crippen LogP contribution is -2.02. The molecule has 2 nitrogen and oxygen atoms in total. The van der Waals surface area contributed by atoms with Gasteiger partial charge in [0.2, 0.25) is 5.78 Å². The minimum Gasteiger partial charge on any atom is -0.294 e. The summed E-state index contributed by atoms with van der Waals surface area (Å²) >= 11 is 0. The molecule has 0 heterocycles. The van der Waals surface area contributed by atoms with Crippen molar-refractivity contribution >= 4 is 12.1 Å². The van der Waals surface area contributed by atoms with E-state index in [2.05, 4.69) is 60.7 Å². The second-order valence-corrected chi connectivity index (χ2v) is 8.10. The third kappa shape index (κ3) is 4.22. The molecule has 5 aromatic rings. The summed E-state index contributed by atoms with van der Waals surface area (Å²) in [7, 11) is 0. The molecule has 0 aromatic heterocycles. The minimum atomic E-state index is -0.517. The Bertz CT molecular complexity index is 1450. The van der Waals surface area contributed by atoms with Gasteiger partial charge in [-0.05, 0) is 50.6 Å². The first-order chi connectivity index (χ1) is 16.7. The van der Waals surface area contributed by atoms with Crippen LogP contribution in [-0.2, 0) is 4.79 Å². The Hall–Kier alpha value is -4.56. The molecule has 0 unspecified atom stereocenters. The van der Waals surface area contributed by atoms with Gasteiger partial charge in [0.1, 0.15) is 0 Å². The fourth-order valence-electron chi connectivity index (χ4n) is 4.31. The SMILES string of the molecule is O=CC(=O)c1ccccc1-c1ccc(-c2ccccc2)c(-c2ccc(-c3ccccc3)cc2)c1. The molecule has 0 N–H and O–H groups in total. The summed E-state index contributed by atoms with van der Waals surface area (Å²) in [6.45, 7) is 0. The number of hydrogen-bond donors (Lipinski definition) is 0. The van der Waals surface area contributed by atoms with E-state index in [0.717, 1.165) is 38.9 Å². The molecular weight excluding hydrogens is 416 g/mol. The predicted molar refractivity (Wildman–Crippen MR) is 139 cm³/mol. The second-order valence-electron chi connectivity index (χ2n) is 8.10. The van der Waals surface area contributed by atoms with Gasteiger partial charge in [0.15, 0.2) is 6.29 Å². The number of ketones is 1. The molecule has 0 bridgehead atoms.